The van der Waals surface area contributed by atoms with Crippen LogP contribution in [0.15, 0.2) is 0 Å². The highest BCUT2D eigenvalue weighted by molar-refractivity contribution is 8.06. The molecule has 16 heavy (non-hydrogen) atoms. The van der Waals surface area contributed by atoms with E-state index >= 15 is 0 Å². The lowest BCUT2D eigenvalue weighted by Crippen LogP contribution is -2.36. The van der Waals surface area contributed by atoms with Gasteiger partial charge in [-0.25, -0.2) is 16.8 Å². The molecule has 2 saturated heterocycles. The molecule has 2 aliphatic heterocycles. The van der Waals surface area contributed by atoms with Gasteiger partial charge in [-0.1, -0.05) is 0 Å². The van der Waals surface area contributed by atoms with Gasteiger partial charge < -0.3 is 5.32 Å². The van der Waals surface area contributed by atoms with Gasteiger partial charge in [-0.3, -0.25) is 0 Å². The van der Waals surface area contributed by atoms with Crippen LogP contribution < -0.4 is 5.32 Å². The Morgan fingerprint density at radius 1 is 1.25 bits per heavy atom. The molecule has 2 rings (SSSR count). The van der Waals surface area contributed by atoms with E-state index in [9.17, 15) is 16.8 Å². The fourth-order valence-corrected chi connectivity index (χ4v) is 5.95. The standard InChI is InChI=1S/C8H16N2O4S2/c1-15(11,12)6-16(13,14)10-4-7-2-3-9-8(7)5-10/h7-9H,2-6H2,1H3/t7-,8+/m0/s1. The zero-order valence-electron chi connectivity index (χ0n) is 9.09. The Labute approximate surface area is 96.0 Å². The smallest absolute Gasteiger partial charge is 0.228 e. The lowest BCUT2D eigenvalue weighted by Gasteiger charge is -2.16. The molecule has 0 saturated carbocycles. The lowest BCUT2D eigenvalue weighted by molar-refractivity contribution is 0.451. The van der Waals surface area contributed by atoms with E-state index in [0.29, 0.717) is 19.0 Å². The van der Waals surface area contributed by atoms with Gasteiger partial charge in [0.15, 0.2) is 14.9 Å². The summed E-state index contributed by atoms with van der Waals surface area (Å²) in [4.78, 5) is 0. The van der Waals surface area contributed by atoms with Crippen molar-refractivity contribution < 1.29 is 16.8 Å². The summed E-state index contributed by atoms with van der Waals surface area (Å²) in [6, 6.07) is 0.203. The van der Waals surface area contributed by atoms with Gasteiger partial charge in [-0.2, -0.15) is 4.31 Å². The molecule has 0 spiro atoms. The number of nitrogens with zero attached hydrogens (tertiary/aromatic N) is 1. The highest BCUT2D eigenvalue weighted by atomic mass is 32.3. The third-order valence-corrected chi connectivity index (χ3v) is 7.07. The van der Waals surface area contributed by atoms with Crippen LogP contribution >= 0.6 is 0 Å². The Hall–Kier alpha value is -0.180. The van der Waals surface area contributed by atoms with E-state index in [4.69, 9.17) is 0 Å². The van der Waals surface area contributed by atoms with Crippen molar-refractivity contribution in [3.8, 4) is 0 Å². The minimum atomic E-state index is -3.65. The average Bonchev–Trinajstić information content (AvgIpc) is 2.54. The lowest BCUT2D eigenvalue weighted by atomic mass is 10.1. The molecule has 8 heteroatoms. The number of fused-ring (bicyclic) bond motifs is 1. The topological polar surface area (TPSA) is 83.5 Å². The Morgan fingerprint density at radius 3 is 2.50 bits per heavy atom. The number of hydrogen-bond donors (Lipinski definition) is 1. The zero-order chi connectivity index (χ0) is 12.0. The van der Waals surface area contributed by atoms with Crippen LogP contribution in [0.4, 0.5) is 0 Å². The molecular formula is C8H16N2O4S2. The van der Waals surface area contributed by atoms with Crippen LogP contribution in [-0.2, 0) is 19.9 Å². The van der Waals surface area contributed by atoms with Crippen LogP contribution in [0.25, 0.3) is 0 Å². The molecule has 94 valence electrons. The summed E-state index contributed by atoms with van der Waals surface area (Å²) in [5, 5.41) is 2.45. The second kappa shape index (κ2) is 3.94. The molecule has 0 aliphatic carbocycles. The largest absolute Gasteiger partial charge is 0.312 e. The summed E-state index contributed by atoms with van der Waals surface area (Å²) in [5.41, 5.74) is 0. The molecule has 2 aliphatic rings. The molecule has 2 heterocycles. The molecule has 0 aromatic carbocycles. The highest BCUT2D eigenvalue weighted by Crippen LogP contribution is 2.26. The first-order chi connectivity index (χ1) is 7.28. The Balaban J connectivity index is 2.09. The fraction of sp³-hybridized carbons (Fsp3) is 1.00. The maximum atomic E-state index is 11.8. The van der Waals surface area contributed by atoms with E-state index < -0.39 is 24.9 Å². The number of rotatable bonds is 3. The van der Waals surface area contributed by atoms with Gasteiger partial charge in [0.1, 0.15) is 0 Å². The van der Waals surface area contributed by atoms with Crippen LogP contribution in [-0.4, -0.2) is 58.2 Å². The molecule has 0 aromatic rings. The van der Waals surface area contributed by atoms with Gasteiger partial charge in [-0.15, -0.1) is 0 Å². The summed E-state index contributed by atoms with van der Waals surface area (Å²) >= 11 is 0. The summed E-state index contributed by atoms with van der Waals surface area (Å²) in [6.07, 6.45) is 1.91. The first kappa shape index (κ1) is 12.3. The van der Waals surface area contributed by atoms with Crippen molar-refractivity contribution in [2.45, 2.75) is 12.5 Å². The van der Waals surface area contributed by atoms with Crippen molar-refractivity contribution in [1.29, 1.82) is 0 Å². The molecule has 0 bridgehead atoms. The summed E-state index contributed by atoms with van der Waals surface area (Å²) < 4.78 is 47.0. The van der Waals surface area contributed by atoms with Gasteiger partial charge in [0.2, 0.25) is 10.0 Å². The van der Waals surface area contributed by atoms with E-state index in [1.807, 2.05) is 0 Å². The molecule has 6 nitrogen and oxygen atoms in total. The van der Waals surface area contributed by atoms with Gasteiger partial charge in [0.05, 0.1) is 0 Å². The monoisotopic (exact) mass is 268 g/mol. The number of sulfone groups is 1. The molecular weight excluding hydrogens is 252 g/mol. The molecule has 1 N–H and O–H groups in total. The predicted octanol–water partition coefficient (Wildman–Crippen LogP) is -1.39. The predicted molar refractivity (Wildman–Crippen MR) is 60.1 cm³/mol. The third-order valence-electron chi connectivity index (χ3n) is 3.09. The van der Waals surface area contributed by atoms with E-state index in [0.717, 1.165) is 19.2 Å². The SMILES string of the molecule is CS(=O)(=O)CS(=O)(=O)N1C[C@@H]2CCN[C@@H]2C1. The molecule has 2 fully saturated rings. The maximum absolute atomic E-state index is 11.8. The highest BCUT2D eigenvalue weighted by Gasteiger charge is 2.41. The van der Waals surface area contributed by atoms with Crippen LogP contribution in [0.3, 0.4) is 0 Å². The van der Waals surface area contributed by atoms with Crippen LogP contribution in [0.2, 0.25) is 0 Å². The molecule has 0 radical (unpaired) electrons. The molecule has 0 unspecified atom stereocenters. The van der Waals surface area contributed by atoms with Crippen molar-refractivity contribution in [2.24, 2.45) is 5.92 Å². The molecule has 2 atom stereocenters. The summed E-state index contributed by atoms with van der Waals surface area (Å²) in [7, 11) is -7.15. The van der Waals surface area contributed by atoms with Crippen molar-refractivity contribution in [1.82, 2.24) is 9.62 Å². The maximum Gasteiger partial charge on any atom is 0.228 e. The first-order valence-corrected chi connectivity index (χ1v) is 8.84. The quantitative estimate of drug-likeness (QED) is 0.681. The van der Waals surface area contributed by atoms with Crippen LogP contribution in [0.5, 0.6) is 0 Å². The van der Waals surface area contributed by atoms with Gasteiger partial charge in [0.25, 0.3) is 0 Å². The van der Waals surface area contributed by atoms with E-state index in [1.165, 1.54) is 4.31 Å². The fourth-order valence-electron chi connectivity index (χ4n) is 2.38. The normalized spacial score (nSPS) is 31.8. The Bertz CT molecular complexity index is 458. The van der Waals surface area contributed by atoms with Gasteiger partial charge in [-0.05, 0) is 18.9 Å². The third kappa shape index (κ3) is 2.55. The minimum Gasteiger partial charge on any atom is -0.312 e. The first-order valence-electron chi connectivity index (χ1n) is 5.17. The minimum absolute atomic E-state index is 0.203. The van der Waals surface area contributed by atoms with Crippen LogP contribution in [0, 0.1) is 5.92 Å². The average molecular weight is 268 g/mol. The Morgan fingerprint density at radius 2 is 1.94 bits per heavy atom. The van der Waals surface area contributed by atoms with Crippen molar-refractivity contribution in [3.63, 3.8) is 0 Å². The van der Waals surface area contributed by atoms with E-state index in [1.54, 1.807) is 0 Å². The Kier molecular flexibility index (Phi) is 3.02. The second-order valence-electron chi connectivity index (χ2n) is 4.58. The van der Waals surface area contributed by atoms with Gasteiger partial charge in [0, 0.05) is 25.4 Å². The van der Waals surface area contributed by atoms with Crippen molar-refractivity contribution in [2.75, 3.05) is 31.0 Å². The second-order valence-corrected chi connectivity index (χ2v) is 9.06. The van der Waals surface area contributed by atoms with Crippen molar-refractivity contribution >= 4 is 19.9 Å². The molecule has 0 amide bonds. The van der Waals surface area contributed by atoms with Crippen LogP contribution in [0.1, 0.15) is 6.42 Å². The van der Waals surface area contributed by atoms with E-state index in [-0.39, 0.29) is 6.04 Å². The summed E-state index contributed by atoms with van der Waals surface area (Å²) in [6.45, 7) is 1.79. The van der Waals surface area contributed by atoms with Gasteiger partial charge >= 0.3 is 0 Å². The number of hydrogen-bond acceptors (Lipinski definition) is 5. The molecule has 0 aromatic heterocycles. The number of nitrogens with one attached hydrogen (secondary N) is 1. The summed E-state index contributed by atoms with van der Waals surface area (Å²) in [5.74, 6) is 0.342. The van der Waals surface area contributed by atoms with Crippen molar-refractivity contribution in [3.05, 3.63) is 0 Å². The van der Waals surface area contributed by atoms with E-state index in [2.05, 4.69) is 5.32 Å². The number of sulfonamides is 1. The zero-order valence-corrected chi connectivity index (χ0v) is 10.7.